The maximum absolute atomic E-state index is 12.5. The lowest BCUT2D eigenvalue weighted by Crippen LogP contribution is -2.16. The van der Waals surface area contributed by atoms with E-state index >= 15 is 0 Å². The number of rotatable bonds is 5. The van der Waals surface area contributed by atoms with Gasteiger partial charge in [-0.2, -0.15) is 0 Å². The maximum Gasteiger partial charge on any atom is 0.259 e. The Labute approximate surface area is 133 Å². The minimum absolute atomic E-state index is 0.164. The lowest BCUT2D eigenvalue weighted by atomic mass is 10.1. The lowest BCUT2D eigenvalue weighted by molar-refractivity contribution is 0.102. The molecule has 0 aliphatic carbocycles. The molecule has 21 heavy (non-hydrogen) atoms. The lowest BCUT2D eigenvalue weighted by Gasteiger charge is -2.13. The second-order valence-electron chi connectivity index (χ2n) is 4.71. The molecule has 1 amide bonds. The first-order valence-corrected chi connectivity index (χ1v) is 7.67. The van der Waals surface area contributed by atoms with E-state index in [2.05, 4.69) is 38.5 Å². The summed E-state index contributed by atoms with van der Waals surface area (Å²) in [4.78, 5) is 16.5. The van der Waals surface area contributed by atoms with Crippen LogP contribution in [0.1, 0.15) is 29.3 Å². The van der Waals surface area contributed by atoms with Crippen molar-refractivity contribution < 1.29 is 4.79 Å². The van der Waals surface area contributed by atoms with Crippen LogP contribution in [-0.4, -0.2) is 17.4 Å². The molecule has 2 rings (SSSR count). The van der Waals surface area contributed by atoms with Gasteiger partial charge >= 0.3 is 0 Å². The number of pyridine rings is 1. The fourth-order valence-electron chi connectivity index (χ4n) is 1.92. The third-order valence-electron chi connectivity index (χ3n) is 3.15. The molecule has 0 atom stereocenters. The van der Waals surface area contributed by atoms with Gasteiger partial charge in [-0.3, -0.25) is 9.78 Å². The highest BCUT2D eigenvalue weighted by atomic mass is 79.9. The van der Waals surface area contributed by atoms with Crippen LogP contribution < -0.4 is 10.6 Å². The van der Waals surface area contributed by atoms with E-state index in [1.54, 1.807) is 12.4 Å². The molecule has 1 aromatic heterocycles. The molecule has 1 aromatic carbocycles. The van der Waals surface area contributed by atoms with Gasteiger partial charge in [0.05, 0.1) is 11.3 Å². The Bertz CT molecular complexity index is 643. The van der Waals surface area contributed by atoms with Crippen molar-refractivity contribution in [3.63, 3.8) is 0 Å². The second-order valence-corrected chi connectivity index (χ2v) is 5.57. The van der Waals surface area contributed by atoms with E-state index in [1.807, 2.05) is 31.2 Å². The molecule has 4 nitrogen and oxygen atoms in total. The van der Waals surface area contributed by atoms with E-state index in [4.69, 9.17) is 0 Å². The van der Waals surface area contributed by atoms with Crippen LogP contribution in [-0.2, 0) is 0 Å². The number of hydrogen-bond acceptors (Lipinski definition) is 3. The monoisotopic (exact) mass is 347 g/mol. The van der Waals surface area contributed by atoms with Crippen LogP contribution in [0.15, 0.2) is 41.1 Å². The first-order valence-electron chi connectivity index (χ1n) is 6.87. The van der Waals surface area contributed by atoms with Gasteiger partial charge in [-0.15, -0.1) is 0 Å². The summed E-state index contributed by atoms with van der Waals surface area (Å²) in [6.07, 6.45) is 4.26. The Morgan fingerprint density at radius 1 is 1.29 bits per heavy atom. The predicted molar refractivity (Wildman–Crippen MR) is 89.8 cm³/mol. The number of amides is 1. The summed E-state index contributed by atoms with van der Waals surface area (Å²) in [5.74, 6) is -0.164. The Hall–Kier alpha value is -1.88. The van der Waals surface area contributed by atoms with Crippen molar-refractivity contribution in [1.29, 1.82) is 0 Å². The summed E-state index contributed by atoms with van der Waals surface area (Å²) in [6, 6.07) is 7.54. The summed E-state index contributed by atoms with van der Waals surface area (Å²) in [7, 11) is 0. The van der Waals surface area contributed by atoms with E-state index in [0.29, 0.717) is 5.56 Å². The van der Waals surface area contributed by atoms with E-state index < -0.39 is 0 Å². The zero-order chi connectivity index (χ0) is 15.2. The quantitative estimate of drug-likeness (QED) is 0.850. The highest BCUT2D eigenvalue weighted by molar-refractivity contribution is 9.10. The van der Waals surface area contributed by atoms with Gasteiger partial charge in [-0.05, 0) is 37.1 Å². The number of carbonyl (C=O) groups is 1. The van der Waals surface area contributed by atoms with Gasteiger partial charge < -0.3 is 10.6 Å². The smallest absolute Gasteiger partial charge is 0.259 e. The largest absolute Gasteiger partial charge is 0.384 e. The fraction of sp³-hybridized carbons (Fsp3) is 0.250. The average Bonchev–Trinajstić information content (AvgIpc) is 2.50. The van der Waals surface area contributed by atoms with Crippen LogP contribution >= 0.6 is 15.9 Å². The molecule has 0 radical (unpaired) electrons. The van der Waals surface area contributed by atoms with E-state index in [-0.39, 0.29) is 5.91 Å². The molecule has 2 aromatic rings. The zero-order valence-corrected chi connectivity index (χ0v) is 13.7. The van der Waals surface area contributed by atoms with Crippen molar-refractivity contribution in [2.75, 3.05) is 17.2 Å². The summed E-state index contributed by atoms with van der Waals surface area (Å²) in [5.41, 5.74) is 3.14. The molecule has 0 fully saturated rings. The molecule has 2 N–H and O–H groups in total. The highest BCUT2D eigenvalue weighted by Crippen LogP contribution is 2.24. The van der Waals surface area contributed by atoms with E-state index in [9.17, 15) is 4.79 Å². The fourth-order valence-corrected chi connectivity index (χ4v) is 2.29. The maximum atomic E-state index is 12.5. The first-order chi connectivity index (χ1) is 10.1. The molecule has 0 saturated heterocycles. The minimum atomic E-state index is -0.164. The number of hydrogen-bond donors (Lipinski definition) is 2. The topological polar surface area (TPSA) is 54.0 Å². The number of benzene rings is 1. The average molecular weight is 348 g/mol. The first kappa shape index (κ1) is 15.5. The van der Waals surface area contributed by atoms with Gasteiger partial charge in [0.1, 0.15) is 0 Å². The van der Waals surface area contributed by atoms with Crippen LogP contribution in [0.5, 0.6) is 0 Å². The van der Waals surface area contributed by atoms with Crippen molar-refractivity contribution >= 4 is 33.2 Å². The molecule has 0 unspecified atom stereocenters. The third-order valence-corrected chi connectivity index (χ3v) is 4.01. The van der Waals surface area contributed by atoms with E-state index in [1.165, 1.54) is 0 Å². The number of aromatic nitrogens is 1. The molecule has 0 aliphatic rings. The van der Waals surface area contributed by atoms with Crippen molar-refractivity contribution in [3.8, 4) is 0 Å². The summed E-state index contributed by atoms with van der Waals surface area (Å²) in [5, 5.41) is 6.18. The van der Waals surface area contributed by atoms with Gasteiger partial charge in [0.15, 0.2) is 0 Å². The Morgan fingerprint density at radius 3 is 2.86 bits per heavy atom. The van der Waals surface area contributed by atoms with Crippen LogP contribution in [0, 0.1) is 6.92 Å². The normalized spacial score (nSPS) is 10.2. The molecule has 5 heteroatoms. The molecule has 0 saturated carbocycles. The summed E-state index contributed by atoms with van der Waals surface area (Å²) >= 11 is 3.46. The molecule has 110 valence electrons. The second kappa shape index (κ2) is 7.22. The van der Waals surface area contributed by atoms with E-state index in [0.717, 1.165) is 34.4 Å². The number of halogens is 1. The molecule has 0 bridgehead atoms. The Morgan fingerprint density at radius 2 is 2.10 bits per heavy atom. The van der Waals surface area contributed by atoms with Gasteiger partial charge in [0, 0.05) is 29.1 Å². The van der Waals surface area contributed by atoms with Crippen LogP contribution in [0.25, 0.3) is 0 Å². The minimum Gasteiger partial charge on any atom is -0.384 e. The van der Waals surface area contributed by atoms with Gasteiger partial charge in [0.2, 0.25) is 0 Å². The van der Waals surface area contributed by atoms with Gasteiger partial charge in [0.25, 0.3) is 5.91 Å². The number of anilines is 2. The Kier molecular flexibility index (Phi) is 5.33. The van der Waals surface area contributed by atoms with Crippen LogP contribution in [0.2, 0.25) is 0 Å². The molecule has 0 spiro atoms. The number of nitrogens with zero attached hydrogens (tertiary/aromatic N) is 1. The van der Waals surface area contributed by atoms with Crippen molar-refractivity contribution in [2.45, 2.75) is 20.3 Å². The SMILES string of the molecule is CCCNc1ccncc1C(=O)Nc1cccc(Br)c1C. The standard InChI is InChI=1S/C16H18BrN3O/c1-3-8-19-15-7-9-18-10-12(15)16(21)20-14-6-4-5-13(17)11(14)2/h4-7,9-10H,3,8H2,1-2H3,(H,18,19)(H,20,21). The number of nitrogens with one attached hydrogen (secondary N) is 2. The van der Waals surface area contributed by atoms with Crippen molar-refractivity contribution in [1.82, 2.24) is 4.98 Å². The molecular formula is C16H18BrN3O. The van der Waals surface area contributed by atoms with Gasteiger partial charge in [-0.25, -0.2) is 0 Å². The zero-order valence-electron chi connectivity index (χ0n) is 12.1. The van der Waals surface area contributed by atoms with Crippen molar-refractivity contribution in [2.24, 2.45) is 0 Å². The molecule has 0 aliphatic heterocycles. The summed E-state index contributed by atoms with van der Waals surface area (Å²) in [6.45, 7) is 4.86. The van der Waals surface area contributed by atoms with Crippen LogP contribution in [0.3, 0.4) is 0 Å². The summed E-state index contributed by atoms with van der Waals surface area (Å²) < 4.78 is 0.968. The van der Waals surface area contributed by atoms with Crippen LogP contribution in [0.4, 0.5) is 11.4 Å². The Balaban J connectivity index is 2.22. The van der Waals surface area contributed by atoms with Crippen molar-refractivity contribution in [3.05, 3.63) is 52.3 Å². The molecule has 1 heterocycles. The number of carbonyl (C=O) groups excluding carboxylic acids is 1. The predicted octanol–water partition coefficient (Wildman–Crippen LogP) is 4.23. The van der Waals surface area contributed by atoms with Gasteiger partial charge in [-0.1, -0.05) is 28.9 Å². The highest BCUT2D eigenvalue weighted by Gasteiger charge is 2.13. The third kappa shape index (κ3) is 3.82. The molecular weight excluding hydrogens is 330 g/mol.